The van der Waals surface area contributed by atoms with E-state index >= 15 is 0 Å². The van der Waals surface area contributed by atoms with Crippen molar-refractivity contribution in [2.75, 3.05) is 16.3 Å². The normalized spacial score (nSPS) is 14.0. The van der Waals surface area contributed by atoms with Gasteiger partial charge in [-0.1, -0.05) is 22.8 Å². The van der Waals surface area contributed by atoms with E-state index in [1.54, 1.807) is 13.2 Å². The minimum absolute atomic E-state index is 0.0820. The summed E-state index contributed by atoms with van der Waals surface area (Å²) in [5.74, 6) is -1.20. The highest BCUT2D eigenvalue weighted by atomic mass is 35.5. The first-order valence-corrected chi connectivity index (χ1v) is 11.7. The molecular formula is C18H20ClF2NO3S2. The van der Waals surface area contributed by atoms with Crippen LogP contribution in [-0.4, -0.2) is 31.0 Å². The van der Waals surface area contributed by atoms with Gasteiger partial charge < -0.3 is 4.55 Å². The van der Waals surface area contributed by atoms with E-state index in [0.29, 0.717) is 23.6 Å². The van der Waals surface area contributed by atoms with E-state index in [9.17, 15) is 21.8 Å². The van der Waals surface area contributed by atoms with Gasteiger partial charge in [0.25, 0.3) is 10.0 Å². The van der Waals surface area contributed by atoms with Crippen LogP contribution in [0.5, 0.6) is 0 Å². The number of halogens is 3. The monoisotopic (exact) mass is 435 g/mol. The molecule has 0 N–H and O–H groups in total. The first-order valence-electron chi connectivity index (χ1n) is 8.18. The van der Waals surface area contributed by atoms with Crippen molar-refractivity contribution in [2.45, 2.75) is 30.7 Å². The molecular weight excluding hydrogens is 416 g/mol. The van der Waals surface area contributed by atoms with Crippen molar-refractivity contribution in [2.24, 2.45) is 0 Å². The third-order valence-corrected chi connectivity index (χ3v) is 7.03. The Bertz CT molecular complexity index is 877. The molecule has 0 aliphatic carbocycles. The van der Waals surface area contributed by atoms with Gasteiger partial charge in [-0.2, -0.15) is 0 Å². The lowest BCUT2D eigenvalue weighted by molar-refractivity contribution is 0.554. The van der Waals surface area contributed by atoms with Gasteiger partial charge in [0.1, 0.15) is 17.4 Å². The van der Waals surface area contributed by atoms with Crippen molar-refractivity contribution < 1.29 is 21.8 Å². The van der Waals surface area contributed by atoms with Crippen molar-refractivity contribution in [3.05, 3.63) is 59.1 Å². The summed E-state index contributed by atoms with van der Waals surface area (Å²) in [6.45, 7) is 1.61. The van der Waals surface area contributed by atoms with E-state index in [4.69, 9.17) is 11.6 Å². The van der Waals surface area contributed by atoms with E-state index in [1.807, 2.05) is 0 Å². The lowest BCUT2D eigenvalue weighted by Gasteiger charge is -2.31. The number of sulfonamides is 1. The van der Waals surface area contributed by atoms with Gasteiger partial charge in [0, 0.05) is 17.1 Å². The molecule has 0 spiro atoms. The molecule has 2 aromatic carbocycles. The van der Waals surface area contributed by atoms with E-state index in [0.717, 1.165) is 22.5 Å². The number of nitrogens with zero attached hydrogens (tertiary/aromatic N) is 1. The average Bonchev–Trinajstić information content (AvgIpc) is 2.58. The Balaban J connectivity index is 2.48. The summed E-state index contributed by atoms with van der Waals surface area (Å²) in [7, 11) is -4.17. The van der Waals surface area contributed by atoms with Crippen LogP contribution in [0.3, 0.4) is 0 Å². The predicted octanol–water partition coefficient (Wildman–Crippen LogP) is 4.36. The number of hydrogen-bond acceptors (Lipinski definition) is 3. The molecule has 0 bridgehead atoms. The minimum atomic E-state index is -4.17. The molecule has 4 nitrogen and oxygen atoms in total. The Hall–Kier alpha value is -1.35. The first kappa shape index (κ1) is 21.9. The van der Waals surface area contributed by atoms with Crippen molar-refractivity contribution in [3.8, 4) is 0 Å². The quantitative estimate of drug-likeness (QED) is 0.579. The summed E-state index contributed by atoms with van der Waals surface area (Å²) in [4.78, 5) is -0.0820. The molecule has 0 saturated carbocycles. The number of benzene rings is 2. The SMILES string of the molecule is CC(CCC[S@@+](C)[O-])N(c1cc(F)ccc1F)S(=O)(=O)c1ccc(Cl)cc1. The lowest BCUT2D eigenvalue weighted by Crippen LogP contribution is -2.39. The molecule has 0 radical (unpaired) electrons. The van der Waals surface area contributed by atoms with E-state index in [-0.39, 0.29) is 10.6 Å². The molecule has 9 heteroatoms. The van der Waals surface area contributed by atoms with Gasteiger partial charge in [0.2, 0.25) is 0 Å². The van der Waals surface area contributed by atoms with Crippen LogP contribution in [0.25, 0.3) is 0 Å². The van der Waals surface area contributed by atoms with Crippen LogP contribution in [0, 0.1) is 11.6 Å². The van der Waals surface area contributed by atoms with E-state index in [2.05, 4.69) is 0 Å². The highest BCUT2D eigenvalue weighted by Crippen LogP contribution is 2.31. The highest BCUT2D eigenvalue weighted by Gasteiger charge is 2.31. The molecule has 2 atom stereocenters. The zero-order chi connectivity index (χ0) is 20.2. The van der Waals surface area contributed by atoms with Crippen LogP contribution in [-0.2, 0) is 21.2 Å². The summed E-state index contributed by atoms with van der Waals surface area (Å²) >= 11 is 4.79. The highest BCUT2D eigenvalue weighted by molar-refractivity contribution is 7.92. The van der Waals surface area contributed by atoms with Gasteiger partial charge in [0.05, 0.1) is 16.8 Å². The second-order valence-corrected chi connectivity index (χ2v) is 9.93. The smallest absolute Gasteiger partial charge is 0.264 e. The summed E-state index contributed by atoms with van der Waals surface area (Å²) in [6, 6.07) is 7.46. The van der Waals surface area contributed by atoms with Crippen LogP contribution in [0.1, 0.15) is 19.8 Å². The molecule has 0 amide bonds. The van der Waals surface area contributed by atoms with Crippen molar-refractivity contribution in [1.29, 1.82) is 0 Å². The number of rotatable bonds is 8. The zero-order valence-electron chi connectivity index (χ0n) is 14.9. The topological polar surface area (TPSA) is 60.4 Å². The fraction of sp³-hybridized carbons (Fsp3) is 0.333. The van der Waals surface area contributed by atoms with Crippen molar-refractivity contribution in [1.82, 2.24) is 0 Å². The summed E-state index contributed by atoms with van der Waals surface area (Å²) in [5, 5.41) is 0.357. The maximum absolute atomic E-state index is 14.4. The maximum atomic E-state index is 14.4. The second kappa shape index (κ2) is 9.23. The zero-order valence-corrected chi connectivity index (χ0v) is 17.3. The third kappa shape index (κ3) is 5.57. The summed E-state index contributed by atoms with van der Waals surface area (Å²) in [5.41, 5.74) is -0.366. The van der Waals surface area contributed by atoms with Crippen LogP contribution in [0.15, 0.2) is 47.4 Å². The standard InChI is InChI=1S/C18H20ClF2NO3S2/c1-13(4-3-11-26(2)23)22(18-12-15(20)7-10-17(18)21)27(24,25)16-8-5-14(19)6-9-16/h5-10,12-13H,3-4,11H2,1-2H3/t13?,26-/m1/s1. The van der Waals surface area contributed by atoms with Crippen molar-refractivity contribution in [3.63, 3.8) is 0 Å². The van der Waals surface area contributed by atoms with Crippen molar-refractivity contribution >= 4 is 38.5 Å². The largest absolute Gasteiger partial charge is 0.617 e. The molecule has 0 saturated heterocycles. The summed E-state index contributed by atoms with van der Waals surface area (Å²) in [6.07, 6.45) is 2.37. The van der Waals surface area contributed by atoms with Gasteiger partial charge >= 0.3 is 0 Å². The minimum Gasteiger partial charge on any atom is -0.617 e. The fourth-order valence-electron chi connectivity index (χ4n) is 2.68. The molecule has 2 rings (SSSR count). The van der Waals surface area contributed by atoms with Crippen LogP contribution < -0.4 is 4.31 Å². The summed E-state index contributed by atoms with van der Waals surface area (Å²) < 4.78 is 66.6. The molecule has 148 valence electrons. The Kier molecular flexibility index (Phi) is 7.50. The molecule has 2 aromatic rings. The molecule has 0 heterocycles. The second-order valence-electron chi connectivity index (χ2n) is 6.12. The Morgan fingerprint density at radius 2 is 1.81 bits per heavy atom. The average molecular weight is 436 g/mol. The molecule has 1 unspecified atom stereocenters. The fourth-order valence-corrected chi connectivity index (χ4v) is 5.06. The molecule has 0 aliphatic rings. The lowest BCUT2D eigenvalue weighted by atomic mass is 10.2. The van der Waals surface area contributed by atoms with E-state index in [1.165, 1.54) is 24.3 Å². The van der Waals surface area contributed by atoms with Gasteiger partial charge in [-0.15, -0.1) is 0 Å². The van der Waals surface area contributed by atoms with Gasteiger partial charge in [-0.05, 0) is 56.2 Å². The Labute approximate surface area is 166 Å². The third-order valence-electron chi connectivity index (χ3n) is 3.97. The number of anilines is 1. The van der Waals surface area contributed by atoms with Crippen LogP contribution in [0.4, 0.5) is 14.5 Å². The Morgan fingerprint density at radius 1 is 1.19 bits per heavy atom. The molecule has 0 fully saturated rings. The Morgan fingerprint density at radius 3 is 2.41 bits per heavy atom. The van der Waals surface area contributed by atoms with Gasteiger partial charge in [-0.3, -0.25) is 4.31 Å². The van der Waals surface area contributed by atoms with Crippen LogP contribution in [0.2, 0.25) is 5.02 Å². The molecule has 0 aliphatic heterocycles. The predicted molar refractivity (Wildman–Crippen MR) is 105 cm³/mol. The number of hydrogen-bond donors (Lipinski definition) is 0. The van der Waals surface area contributed by atoms with E-state index < -0.39 is 38.9 Å². The van der Waals surface area contributed by atoms with Gasteiger partial charge in [0.15, 0.2) is 0 Å². The molecule has 27 heavy (non-hydrogen) atoms. The van der Waals surface area contributed by atoms with Crippen LogP contribution >= 0.6 is 11.6 Å². The first-order chi connectivity index (χ1) is 12.6. The maximum Gasteiger partial charge on any atom is 0.264 e. The van der Waals surface area contributed by atoms with Gasteiger partial charge in [-0.25, -0.2) is 17.2 Å². The molecule has 0 aromatic heterocycles.